The molecule has 0 aliphatic heterocycles. The molecule has 0 heterocycles. The normalized spacial score (nSPS) is 16.9. The molecule has 0 aromatic heterocycles. The van der Waals surface area contributed by atoms with E-state index in [2.05, 4.69) is 33.9 Å². The zero-order valence-electron chi connectivity index (χ0n) is 13.8. The van der Waals surface area contributed by atoms with Crippen LogP contribution in [0.3, 0.4) is 0 Å². The van der Waals surface area contributed by atoms with Crippen LogP contribution in [0.25, 0.3) is 0 Å². The molecule has 0 aromatic rings. The van der Waals surface area contributed by atoms with E-state index in [9.17, 15) is 9.90 Å². The molecule has 0 amide bonds. The Morgan fingerprint density at radius 1 is 1.11 bits per heavy atom. The Kier molecular flexibility index (Phi) is 5.81. The van der Waals surface area contributed by atoms with E-state index in [4.69, 9.17) is 9.16 Å². The Bertz CT molecular complexity index is 312. The van der Waals surface area contributed by atoms with Crippen molar-refractivity contribution in [1.82, 2.24) is 0 Å². The Balaban J connectivity index is 4.68. The summed E-state index contributed by atoms with van der Waals surface area (Å²) in [6.07, 6.45) is -1.80. The number of aliphatic hydroxyl groups is 1. The van der Waals surface area contributed by atoms with Crippen LogP contribution in [0.4, 0.5) is 0 Å². The highest BCUT2D eigenvalue weighted by molar-refractivity contribution is 6.74. The molecule has 0 rings (SSSR count). The summed E-state index contributed by atoms with van der Waals surface area (Å²) in [6.45, 7) is 17.6. The van der Waals surface area contributed by atoms with Crippen LogP contribution in [0.2, 0.25) is 18.1 Å². The third-order valence-corrected chi connectivity index (χ3v) is 7.95. The van der Waals surface area contributed by atoms with Crippen molar-refractivity contribution >= 4 is 14.3 Å². The Labute approximate surface area is 118 Å². The molecule has 0 saturated heterocycles. The molecule has 0 aliphatic carbocycles. The largest absolute Gasteiger partial charge is 0.458 e. The van der Waals surface area contributed by atoms with Crippen molar-refractivity contribution in [1.29, 1.82) is 0 Å². The first kappa shape index (κ1) is 18.6. The molecule has 114 valence electrons. The fourth-order valence-corrected chi connectivity index (χ4v) is 2.67. The summed E-state index contributed by atoms with van der Waals surface area (Å²) in [7, 11) is -2.00. The van der Waals surface area contributed by atoms with Gasteiger partial charge >= 0.3 is 5.97 Å². The van der Waals surface area contributed by atoms with Crippen LogP contribution in [-0.4, -0.2) is 37.2 Å². The minimum atomic E-state index is -2.00. The first-order valence-electron chi connectivity index (χ1n) is 6.76. The van der Waals surface area contributed by atoms with E-state index >= 15 is 0 Å². The third kappa shape index (κ3) is 6.06. The Morgan fingerprint density at radius 2 is 1.53 bits per heavy atom. The summed E-state index contributed by atoms with van der Waals surface area (Å²) in [5, 5.41) is 10.0. The van der Waals surface area contributed by atoms with Crippen molar-refractivity contribution in [3.63, 3.8) is 0 Å². The van der Waals surface area contributed by atoms with Crippen LogP contribution in [0.15, 0.2) is 0 Å². The maximum atomic E-state index is 11.8. The second-order valence-electron chi connectivity index (χ2n) is 7.56. The van der Waals surface area contributed by atoms with Crippen molar-refractivity contribution in [3.8, 4) is 0 Å². The van der Waals surface area contributed by atoms with Gasteiger partial charge in [0.1, 0.15) is 5.60 Å². The van der Waals surface area contributed by atoms with Gasteiger partial charge in [-0.3, -0.25) is 0 Å². The monoisotopic (exact) mass is 290 g/mol. The topological polar surface area (TPSA) is 55.8 Å². The minimum absolute atomic E-state index is 0.0366. The number of aliphatic hydroxyl groups excluding tert-OH is 1. The highest BCUT2D eigenvalue weighted by Crippen LogP contribution is 2.37. The molecular weight excluding hydrogens is 260 g/mol. The number of carbonyl (C=O) groups is 1. The summed E-state index contributed by atoms with van der Waals surface area (Å²) in [4.78, 5) is 11.8. The maximum absolute atomic E-state index is 11.8. The first-order chi connectivity index (χ1) is 8.17. The van der Waals surface area contributed by atoms with E-state index in [1.54, 1.807) is 27.7 Å². The Hall–Kier alpha value is -0.393. The van der Waals surface area contributed by atoms with Gasteiger partial charge in [-0.1, -0.05) is 20.8 Å². The number of carbonyl (C=O) groups excluding carboxylic acids is 1. The van der Waals surface area contributed by atoms with Crippen LogP contribution in [0.5, 0.6) is 0 Å². The van der Waals surface area contributed by atoms with Crippen LogP contribution >= 0.6 is 0 Å². The molecule has 0 bridgehead atoms. The van der Waals surface area contributed by atoms with E-state index in [-0.39, 0.29) is 5.04 Å². The van der Waals surface area contributed by atoms with E-state index in [0.29, 0.717) is 0 Å². The molecule has 0 saturated carbocycles. The predicted octanol–water partition coefficient (Wildman–Crippen LogP) is 3.10. The summed E-state index contributed by atoms with van der Waals surface area (Å²) < 4.78 is 11.2. The van der Waals surface area contributed by atoms with Gasteiger partial charge in [-0.25, -0.2) is 4.79 Å². The van der Waals surface area contributed by atoms with Gasteiger partial charge in [0, 0.05) is 0 Å². The zero-order chi connectivity index (χ0) is 15.6. The summed E-state index contributed by atoms with van der Waals surface area (Å²) in [6, 6.07) is 0. The maximum Gasteiger partial charge on any atom is 0.338 e. The van der Waals surface area contributed by atoms with Gasteiger partial charge in [-0.15, -0.1) is 0 Å². The van der Waals surface area contributed by atoms with Gasteiger partial charge in [0.15, 0.2) is 14.4 Å². The summed E-state index contributed by atoms with van der Waals surface area (Å²) in [5.74, 6) is -0.626. The van der Waals surface area contributed by atoms with Crippen molar-refractivity contribution in [2.24, 2.45) is 0 Å². The van der Waals surface area contributed by atoms with Crippen molar-refractivity contribution in [2.45, 2.75) is 84.4 Å². The summed E-state index contributed by atoms with van der Waals surface area (Å²) in [5.41, 5.74) is -0.602. The van der Waals surface area contributed by atoms with Crippen LogP contribution in [-0.2, 0) is 14.0 Å². The molecule has 0 spiro atoms. The molecular formula is C14H30O4Si. The standard InChI is InChI=1S/C14H30O4Si/c1-10(18-19(8,9)14(5,6)7)11(15)12(16)17-13(2,3)4/h10-11,15H,1-9H3/t10-,11-/m1/s1. The second kappa shape index (κ2) is 5.93. The summed E-state index contributed by atoms with van der Waals surface area (Å²) >= 11 is 0. The van der Waals surface area contributed by atoms with Gasteiger partial charge in [0.2, 0.25) is 0 Å². The number of ether oxygens (including phenoxy) is 1. The number of esters is 1. The highest BCUT2D eigenvalue weighted by atomic mass is 28.4. The van der Waals surface area contributed by atoms with Crippen LogP contribution < -0.4 is 0 Å². The first-order valence-corrected chi connectivity index (χ1v) is 9.67. The SMILES string of the molecule is C[C@@H](O[Si](C)(C)C(C)(C)C)[C@@H](O)C(=O)OC(C)(C)C. The van der Waals surface area contributed by atoms with E-state index in [1.165, 1.54) is 0 Å². The molecule has 2 atom stereocenters. The van der Waals surface area contributed by atoms with Crippen molar-refractivity contribution in [3.05, 3.63) is 0 Å². The molecule has 5 heteroatoms. The average molecular weight is 290 g/mol. The van der Waals surface area contributed by atoms with E-state index in [0.717, 1.165) is 0 Å². The van der Waals surface area contributed by atoms with E-state index in [1.807, 2.05) is 0 Å². The smallest absolute Gasteiger partial charge is 0.338 e. The quantitative estimate of drug-likeness (QED) is 0.638. The number of rotatable bonds is 4. The van der Waals surface area contributed by atoms with Gasteiger partial charge in [-0.05, 0) is 45.8 Å². The predicted molar refractivity (Wildman–Crippen MR) is 79.6 cm³/mol. The molecule has 0 unspecified atom stereocenters. The minimum Gasteiger partial charge on any atom is -0.458 e. The Morgan fingerprint density at radius 3 is 1.84 bits per heavy atom. The molecule has 4 nitrogen and oxygen atoms in total. The van der Waals surface area contributed by atoms with Crippen molar-refractivity contribution < 1.29 is 19.1 Å². The molecule has 0 aliphatic rings. The van der Waals surface area contributed by atoms with Crippen LogP contribution in [0, 0.1) is 0 Å². The molecule has 0 aromatic carbocycles. The second-order valence-corrected chi connectivity index (χ2v) is 12.3. The van der Waals surface area contributed by atoms with Gasteiger partial charge in [-0.2, -0.15) is 0 Å². The van der Waals surface area contributed by atoms with Gasteiger partial charge < -0.3 is 14.3 Å². The highest BCUT2D eigenvalue weighted by Gasteiger charge is 2.41. The number of hydrogen-bond donors (Lipinski definition) is 1. The third-order valence-electron chi connectivity index (χ3n) is 3.38. The molecule has 1 N–H and O–H groups in total. The number of hydrogen-bond acceptors (Lipinski definition) is 4. The molecule has 0 radical (unpaired) electrons. The lowest BCUT2D eigenvalue weighted by Gasteiger charge is -2.39. The lowest BCUT2D eigenvalue weighted by Crippen LogP contribution is -2.48. The fourth-order valence-electron chi connectivity index (χ4n) is 1.26. The van der Waals surface area contributed by atoms with Crippen molar-refractivity contribution in [2.75, 3.05) is 0 Å². The van der Waals surface area contributed by atoms with Gasteiger partial charge in [0.05, 0.1) is 6.10 Å². The van der Waals surface area contributed by atoms with E-state index < -0.39 is 32.1 Å². The molecule has 19 heavy (non-hydrogen) atoms. The fraction of sp³-hybridized carbons (Fsp3) is 0.929. The lowest BCUT2D eigenvalue weighted by atomic mass is 10.2. The van der Waals surface area contributed by atoms with Gasteiger partial charge in [0.25, 0.3) is 0 Å². The lowest BCUT2D eigenvalue weighted by molar-refractivity contribution is -0.169. The molecule has 0 fully saturated rings. The van der Waals surface area contributed by atoms with Crippen LogP contribution in [0.1, 0.15) is 48.5 Å². The average Bonchev–Trinajstić information content (AvgIpc) is 2.10. The zero-order valence-corrected chi connectivity index (χ0v) is 14.8.